The van der Waals surface area contributed by atoms with Gasteiger partial charge in [-0.15, -0.1) is 0 Å². The number of nitrogens with zero attached hydrogens (tertiary/aromatic N) is 2. The van der Waals surface area contributed by atoms with Crippen LogP contribution in [0.3, 0.4) is 0 Å². The largest absolute Gasteiger partial charge is 0.268 e. The predicted molar refractivity (Wildman–Crippen MR) is 88.5 cm³/mol. The smallest absolute Gasteiger partial charge is 0.266 e. The summed E-state index contributed by atoms with van der Waals surface area (Å²) in [7, 11) is 0. The highest BCUT2D eigenvalue weighted by Gasteiger charge is 2.12. The molecule has 21 heavy (non-hydrogen) atoms. The van der Waals surface area contributed by atoms with Crippen molar-refractivity contribution in [3.8, 4) is 5.69 Å². The Morgan fingerprint density at radius 1 is 1.14 bits per heavy atom. The van der Waals surface area contributed by atoms with Gasteiger partial charge in [0.1, 0.15) is 0 Å². The van der Waals surface area contributed by atoms with Crippen LogP contribution in [0.4, 0.5) is 0 Å². The Bertz CT molecular complexity index is 855. The molecule has 0 aliphatic rings. The van der Waals surface area contributed by atoms with E-state index in [1.807, 2.05) is 55.5 Å². The van der Waals surface area contributed by atoms with Gasteiger partial charge in [-0.2, -0.15) is 0 Å². The van der Waals surface area contributed by atoms with Gasteiger partial charge in [0.05, 0.1) is 16.6 Å². The van der Waals surface area contributed by atoms with Crippen LogP contribution >= 0.6 is 11.8 Å². The number of aromatic nitrogens is 2. The van der Waals surface area contributed by atoms with Crippen LogP contribution in [0, 0.1) is 6.92 Å². The van der Waals surface area contributed by atoms with Crippen LogP contribution in [0.1, 0.15) is 12.5 Å². The molecule has 0 saturated carbocycles. The summed E-state index contributed by atoms with van der Waals surface area (Å²) in [6.45, 7) is 4.09. The average molecular weight is 296 g/mol. The van der Waals surface area contributed by atoms with Gasteiger partial charge in [-0.3, -0.25) is 9.36 Å². The van der Waals surface area contributed by atoms with Crippen LogP contribution in [-0.2, 0) is 0 Å². The van der Waals surface area contributed by atoms with E-state index in [0.29, 0.717) is 5.39 Å². The molecule has 0 aliphatic heterocycles. The molecule has 0 N–H and O–H groups in total. The normalized spacial score (nSPS) is 11.0. The first-order valence-electron chi connectivity index (χ1n) is 6.92. The summed E-state index contributed by atoms with van der Waals surface area (Å²) in [5.74, 6) is 0.872. The topological polar surface area (TPSA) is 34.9 Å². The van der Waals surface area contributed by atoms with Gasteiger partial charge in [0.2, 0.25) is 0 Å². The summed E-state index contributed by atoms with van der Waals surface area (Å²) in [4.78, 5) is 17.5. The van der Waals surface area contributed by atoms with Gasteiger partial charge in [-0.1, -0.05) is 43.0 Å². The zero-order valence-electron chi connectivity index (χ0n) is 12.0. The Kier molecular flexibility index (Phi) is 3.80. The van der Waals surface area contributed by atoms with Crippen LogP contribution in [-0.4, -0.2) is 15.3 Å². The zero-order valence-corrected chi connectivity index (χ0v) is 12.9. The van der Waals surface area contributed by atoms with Crippen molar-refractivity contribution in [2.24, 2.45) is 0 Å². The van der Waals surface area contributed by atoms with E-state index in [-0.39, 0.29) is 5.56 Å². The lowest BCUT2D eigenvalue weighted by Crippen LogP contribution is -2.21. The maximum Gasteiger partial charge on any atom is 0.266 e. The van der Waals surface area contributed by atoms with E-state index >= 15 is 0 Å². The molecule has 0 amide bonds. The Labute approximate surface area is 127 Å². The molecule has 0 unspecified atom stereocenters. The molecule has 4 heteroatoms. The summed E-state index contributed by atoms with van der Waals surface area (Å²) in [5, 5.41) is 1.39. The SMILES string of the molecule is CCSc1nc2ccccc2c(=O)n1-c1cccc(C)c1. The molecule has 0 radical (unpaired) electrons. The minimum atomic E-state index is -0.0119. The number of benzene rings is 2. The second-order valence-electron chi connectivity index (χ2n) is 4.82. The lowest BCUT2D eigenvalue weighted by molar-refractivity contribution is 0.819. The molecule has 0 fully saturated rings. The molecular weight excluding hydrogens is 280 g/mol. The van der Waals surface area contributed by atoms with E-state index < -0.39 is 0 Å². The van der Waals surface area contributed by atoms with Crippen molar-refractivity contribution in [1.82, 2.24) is 9.55 Å². The molecule has 3 rings (SSSR count). The fraction of sp³-hybridized carbons (Fsp3) is 0.176. The first-order valence-corrected chi connectivity index (χ1v) is 7.91. The first-order chi connectivity index (χ1) is 10.2. The van der Waals surface area contributed by atoms with Gasteiger partial charge in [-0.25, -0.2) is 4.98 Å². The molecule has 0 aliphatic carbocycles. The zero-order chi connectivity index (χ0) is 14.8. The Morgan fingerprint density at radius 2 is 1.95 bits per heavy atom. The number of aryl methyl sites for hydroxylation is 1. The monoisotopic (exact) mass is 296 g/mol. The van der Waals surface area contributed by atoms with Crippen molar-refractivity contribution >= 4 is 22.7 Å². The standard InChI is InChI=1S/C17H16N2OS/c1-3-21-17-18-15-10-5-4-9-14(15)16(20)19(17)13-8-6-7-12(2)11-13/h4-11H,3H2,1-2H3. The molecule has 1 heterocycles. The van der Waals surface area contributed by atoms with Crippen LogP contribution in [0.2, 0.25) is 0 Å². The van der Waals surface area contributed by atoms with Crippen LogP contribution in [0.15, 0.2) is 58.5 Å². The Hall–Kier alpha value is -2.07. The fourth-order valence-electron chi connectivity index (χ4n) is 2.33. The summed E-state index contributed by atoms with van der Waals surface area (Å²) in [5.41, 5.74) is 2.73. The van der Waals surface area contributed by atoms with Gasteiger partial charge < -0.3 is 0 Å². The van der Waals surface area contributed by atoms with E-state index in [1.54, 1.807) is 16.3 Å². The highest BCUT2D eigenvalue weighted by molar-refractivity contribution is 7.99. The van der Waals surface area contributed by atoms with E-state index in [2.05, 4.69) is 11.9 Å². The van der Waals surface area contributed by atoms with E-state index in [0.717, 1.165) is 27.7 Å². The van der Waals surface area contributed by atoms with Crippen LogP contribution < -0.4 is 5.56 Å². The van der Waals surface area contributed by atoms with Crippen molar-refractivity contribution in [3.05, 3.63) is 64.4 Å². The van der Waals surface area contributed by atoms with E-state index in [1.165, 1.54) is 0 Å². The lowest BCUT2D eigenvalue weighted by Gasteiger charge is -2.13. The van der Waals surface area contributed by atoms with Crippen molar-refractivity contribution < 1.29 is 0 Å². The predicted octanol–water partition coefficient (Wildman–Crippen LogP) is 3.81. The van der Waals surface area contributed by atoms with Crippen molar-refractivity contribution in [3.63, 3.8) is 0 Å². The van der Waals surface area contributed by atoms with Gasteiger partial charge in [0.25, 0.3) is 5.56 Å². The summed E-state index contributed by atoms with van der Waals surface area (Å²) in [6, 6.07) is 15.4. The quantitative estimate of drug-likeness (QED) is 0.544. The third kappa shape index (κ3) is 2.59. The van der Waals surface area contributed by atoms with E-state index in [4.69, 9.17) is 0 Å². The average Bonchev–Trinajstić information content (AvgIpc) is 2.48. The number of rotatable bonds is 3. The number of hydrogen-bond acceptors (Lipinski definition) is 3. The summed E-state index contributed by atoms with van der Waals surface area (Å²) in [6.07, 6.45) is 0. The molecule has 0 spiro atoms. The molecule has 0 saturated heterocycles. The highest BCUT2D eigenvalue weighted by Crippen LogP contribution is 2.21. The highest BCUT2D eigenvalue weighted by atomic mass is 32.2. The molecule has 2 aromatic carbocycles. The minimum Gasteiger partial charge on any atom is -0.268 e. The molecule has 3 nitrogen and oxygen atoms in total. The van der Waals surface area contributed by atoms with Crippen LogP contribution in [0.5, 0.6) is 0 Å². The third-order valence-electron chi connectivity index (χ3n) is 3.28. The second-order valence-corrected chi connectivity index (χ2v) is 6.06. The van der Waals surface area contributed by atoms with Gasteiger partial charge in [0.15, 0.2) is 5.16 Å². The summed E-state index contributed by atoms with van der Waals surface area (Å²) >= 11 is 1.58. The minimum absolute atomic E-state index is 0.0119. The number of para-hydroxylation sites is 1. The molecule has 106 valence electrons. The van der Waals surface area contributed by atoms with Crippen molar-refractivity contribution in [2.75, 3.05) is 5.75 Å². The Morgan fingerprint density at radius 3 is 2.71 bits per heavy atom. The maximum atomic E-state index is 12.8. The number of thioether (sulfide) groups is 1. The summed E-state index contributed by atoms with van der Waals surface area (Å²) < 4.78 is 1.71. The van der Waals surface area contributed by atoms with Crippen molar-refractivity contribution in [2.45, 2.75) is 19.0 Å². The number of hydrogen-bond donors (Lipinski definition) is 0. The molecule has 3 aromatic rings. The molecular formula is C17H16N2OS. The molecule has 1 aromatic heterocycles. The van der Waals surface area contributed by atoms with E-state index in [9.17, 15) is 4.79 Å². The van der Waals surface area contributed by atoms with Gasteiger partial charge in [0, 0.05) is 0 Å². The van der Waals surface area contributed by atoms with Crippen LogP contribution in [0.25, 0.3) is 16.6 Å². The lowest BCUT2D eigenvalue weighted by atomic mass is 10.2. The third-order valence-corrected chi connectivity index (χ3v) is 4.10. The molecule has 0 bridgehead atoms. The number of fused-ring (bicyclic) bond motifs is 1. The second kappa shape index (κ2) is 5.74. The molecule has 0 atom stereocenters. The maximum absolute atomic E-state index is 12.8. The van der Waals surface area contributed by atoms with Crippen molar-refractivity contribution in [1.29, 1.82) is 0 Å². The van der Waals surface area contributed by atoms with Gasteiger partial charge in [-0.05, 0) is 42.5 Å². The van der Waals surface area contributed by atoms with Gasteiger partial charge >= 0.3 is 0 Å². The Balaban J connectivity index is 2.36. The first kappa shape index (κ1) is 13.9. The fourth-order valence-corrected chi connectivity index (χ4v) is 3.07.